The average Bonchev–Trinajstić information content (AvgIpc) is 3.35. The highest BCUT2D eigenvalue weighted by molar-refractivity contribution is 7.99. The molecule has 0 N–H and O–H groups in total. The average molecular weight is 400 g/mol. The lowest BCUT2D eigenvalue weighted by Gasteiger charge is -2.12. The first kappa shape index (κ1) is 17.6. The first-order valence-electron chi connectivity index (χ1n) is 9.16. The van der Waals surface area contributed by atoms with Gasteiger partial charge in [0.1, 0.15) is 0 Å². The second-order valence-corrected chi connectivity index (χ2v) is 7.89. The van der Waals surface area contributed by atoms with Crippen LogP contribution in [0.15, 0.2) is 79.0 Å². The molecule has 6 nitrogen and oxygen atoms in total. The second-order valence-electron chi connectivity index (χ2n) is 6.79. The molecule has 0 amide bonds. The lowest BCUT2D eigenvalue weighted by Crippen LogP contribution is -1.95. The molecular weight excluding hydrogens is 384 g/mol. The molecule has 0 aliphatic heterocycles. The molecule has 0 atom stereocenters. The Labute approximate surface area is 171 Å². The number of thioether (sulfide) groups is 1. The summed E-state index contributed by atoms with van der Waals surface area (Å²) in [4.78, 5) is 10.4. The van der Waals surface area contributed by atoms with E-state index in [4.69, 9.17) is 0 Å². The summed E-state index contributed by atoms with van der Waals surface area (Å²) < 4.78 is 1.65. The van der Waals surface area contributed by atoms with E-state index in [2.05, 4.69) is 58.8 Å². The molecule has 4 aromatic rings. The Morgan fingerprint density at radius 1 is 0.931 bits per heavy atom. The molecule has 0 bridgehead atoms. The van der Waals surface area contributed by atoms with Gasteiger partial charge in [0.15, 0.2) is 0 Å². The summed E-state index contributed by atoms with van der Waals surface area (Å²) in [5.74, 6) is 0.723. The zero-order chi connectivity index (χ0) is 19.8. The number of nitro benzene ring substituents is 1. The van der Waals surface area contributed by atoms with Crippen LogP contribution in [-0.4, -0.2) is 19.9 Å². The van der Waals surface area contributed by atoms with E-state index < -0.39 is 4.92 Å². The predicted molar refractivity (Wildman–Crippen MR) is 113 cm³/mol. The number of fused-ring (bicyclic) bond motifs is 3. The summed E-state index contributed by atoms with van der Waals surface area (Å²) in [6, 6.07) is 23.4. The number of benzene rings is 3. The summed E-state index contributed by atoms with van der Waals surface area (Å²) in [5.41, 5.74) is 6.95. The largest absolute Gasteiger partial charge is 0.269 e. The minimum absolute atomic E-state index is 0.0585. The maximum absolute atomic E-state index is 10.8. The fourth-order valence-electron chi connectivity index (χ4n) is 3.68. The van der Waals surface area contributed by atoms with Crippen LogP contribution in [0, 0.1) is 10.1 Å². The third-order valence-corrected chi connectivity index (χ3v) is 6.34. The normalized spacial score (nSPS) is 12.6. The molecule has 0 spiro atoms. The van der Waals surface area contributed by atoms with E-state index in [1.807, 2.05) is 18.0 Å². The number of non-ortho nitro benzene ring substituents is 1. The number of aromatic nitrogens is 3. The number of hydrogen-bond donors (Lipinski definition) is 0. The third kappa shape index (κ3) is 3.19. The monoisotopic (exact) mass is 400 g/mol. The highest BCUT2D eigenvalue weighted by atomic mass is 32.2. The van der Waals surface area contributed by atoms with Gasteiger partial charge < -0.3 is 0 Å². The van der Waals surface area contributed by atoms with E-state index >= 15 is 0 Å². The SMILES string of the molecule is O=[N+]([O-])c1ccc(-n2cc(CSC3c4ccccc4-c4ccccc43)nn2)cc1. The van der Waals surface area contributed by atoms with Gasteiger partial charge in [-0.25, -0.2) is 4.68 Å². The molecule has 29 heavy (non-hydrogen) atoms. The van der Waals surface area contributed by atoms with Crippen LogP contribution >= 0.6 is 11.8 Å². The Morgan fingerprint density at radius 2 is 1.55 bits per heavy atom. The van der Waals surface area contributed by atoms with E-state index in [-0.39, 0.29) is 10.9 Å². The molecule has 0 saturated carbocycles. The minimum Gasteiger partial charge on any atom is -0.258 e. The lowest BCUT2D eigenvalue weighted by atomic mass is 10.1. The van der Waals surface area contributed by atoms with Crippen LogP contribution in [0.3, 0.4) is 0 Å². The molecule has 5 rings (SSSR count). The van der Waals surface area contributed by atoms with Crippen molar-refractivity contribution in [2.75, 3.05) is 0 Å². The smallest absolute Gasteiger partial charge is 0.258 e. The lowest BCUT2D eigenvalue weighted by molar-refractivity contribution is -0.384. The summed E-state index contributed by atoms with van der Waals surface area (Å²) >= 11 is 1.83. The molecule has 0 fully saturated rings. The minimum atomic E-state index is -0.412. The summed E-state index contributed by atoms with van der Waals surface area (Å²) in [6.07, 6.45) is 1.88. The third-order valence-electron chi connectivity index (χ3n) is 5.04. The molecular formula is C22H16N4O2S. The topological polar surface area (TPSA) is 73.8 Å². The van der Waals surface area contributed by atoms with Gasteiger partial charge in [0.25, 0.3) is 5.69 Å². The molecule has 142 valence electrons. The van der Waals surface area contributed by atoms with Crippen LogP contribution in [0.25, 0.3) is 16.8 Å². The Hall–Kier alpha value is -3.45. The van der Waals surface area contributed by atoms with Gasteiger partial charge in [0.2, 0.25) is 0 Å². The Bertz CT molecular complexity index is 1160. The van der Waals surface area contributed by atoms with Gasteiger partial charge in [-0.1, -0.05) is 53.7 Å². The Balaban J connectivity index is 1.36. The van der Waals surface area contributed by atoms with Crippen LogP contribution in [0.5, 0.6) is 0 Å². The molecule has 0 saturated heterocycles. The van der Waals surface area contributed by atoms with E-state index in [1.165, 1.54) is 34.4 Å². The van der Waals surface area contributed by atoms with Crippen molar-refractivity contribution in [3.05, 3.63) is 106 Å². The number of rotatable bonds is 5. The highest BCUT2D eigenvalue weighted by Gasteiger charge is 2.28. The van der Waals surface area contributed by atoms with Crippen LogP contribution in [0.2, 0.25) is 0 Å². The van der Waals surface area contributed by atoms with E-state index in [0.29, 0.717) is 0 Å². The molecule has 1 aliphatic rings. The van der Waals surface area contributed by atoms with Crippen molar-refractivity contribution in [1.29, 1.82) is 0 Å². The Kier molecular flexibility index (Phi) is 4.37. The van der Waals surface area contributed by atoms with E-state index in [1.54, 1.807) is 16.8 Å². The fraction of sp³-hybridized carbons (Fsp3) is 0.0909. The quantitative estimate of drug-likeness (QED) is 0.341. The van der Waals surface area contributed by atoms with Gasteiger partial charge >= 0.3 is 0 Å². The Morgan fingerprint density at radius 3 is 2.17 bits per heavy atom. The molecule has 7 heteroatoms. The zero-order valence-corrected chi connectivity index (χ0v) is 16.1. The number of nitro groups is 1. The maximum Gasteiger partial charge on any atom is 0.269 e. The van der Waals surface area contributed by atoms with E-state index in [0.717, 1.165) is 17.1 Å². The van der Waals surface area contributed by atoms with Crippen molar-refractivity contribution in [2.45, 2.75) is 11.0 Å². The van der Waals surface area contributed by atoms with Crippen molar-refractivity contribution in [3.8, 4) is 16.8 Å². The van der Waals surface area contributed by atoms with Crippen LogP contribution in [0.4, 0.5) is 5.69 Å². The molecule has 0 unspecified atom stereocenters. The summed E-state index contributed by atoms with van der Waals surface area (Å²) in [6.45, 7) is 0. The summed E-state index contributed by atoms with van der Waals surface area (Å²) in [7, 11) is 0. The van der Waals surface area contributed by atoms with Crippen molar-refractivity contribution in [1.82, 2.24) is 15.0 Å². The summed E-state index contributed by atoms with van der Waals surface area (Å²) in [5, 5.41) is 19.5. The van der Waals surface area contributed by atoms with Gasteiger partial charge in [-0.15, -0.1) is 16.9 Å². The molecule has 1 aromatic heterocycles. The fourth-order valence-corrected chi connectivity index (χ4v) is 4.92. The highest BCUT2D eigenvalue weighted by Crippen LogP contribution is 2.50. The maximum atomic E-state index is 10.8. The van der Waals surface area contributed by atoms with Crippen molar-refractivity contribution in [3.63, 3.8) is 0 Å². The molecule has 1 aliphatic carbocycles. The molecule has 0 radical (unpaired) electrons. The van der Waals surface area contributed by atoms with Gasteiger partial charge in [-0.05, 0) is 34.4 Å². The number of nitrogens with zero attached hydrogens (tertiary/aromatic N) is 4. The van der Waals surface area contributed by atoms with Crippen LogP contribution in [0.1, 0.15) is 22.1 Å². The van der Waals surface area contributed by atoms with Gasteiger partial charge in [-0.2, -0.15) is 0 Å². The van der Waals surface area contributed by atoms with Crippen molar-refractivity contribution >= 4 is 17.4 Å². The second kappa shape index (κ2) is 7.18. The predicted octanol–water partition coefficient (Wildman–Crippen LogP) is 5.18. The van der Waals surface area contributed by atoms with Crippen LogP contribution < -0.4 is 0 Å². The zero-order valence-electron chi connectivity index (χ0n) is 15.3. The van der Waals surface area contributed by atoms with Gasteiger partial charge in [0, 0.05) is 17.9 Å². The van der Waals surface area contributed by atoms with Crippen molar-refractivity contribution in [2.24, 2.45) is 0 Å². The number of hydrogen-bond acceptors (Lipinski definition) is 5. The molecule has 1 heterocycles. The standard InChI is InChI=1S/C22H16N4O2S/c27-26(28)17-11-9-16(10-12-17)25-13-15(23-24-25)14-29-22-20-7-3-1-5-18(20)19-6-2-4-8-21(19)22/h1-13,22H,14H2. The van der Waals surface area contributed by atoms with E-state index in [9.17, 15) is 10.1 Å². The first-order valence-corrected chi connectivity index (χ1v) is 10.2. The van der Waals surface area contributed by atoms with Gasteiger partial charge in [0.05, 0.1) is 27.8 Å². The first-order chi connectivity index (χ1) is 14.2. The van der Waals surface area contributed by atoms with Crippen molar-refractivity contribution < 1.29 is 4.92 Å². The molecule has 3 aromatic carbocycles. The van der Waals surface area contributed by atoms with Gasteiger partial charge in [-0.3, -0.25) is 10.1 Å². The van der Waals surface area contributed by atoms with Crippen LogP contribution in [-0.2, 0) is 5.75 Å².